The van der Waals surface area contributed by atoms with Crippen LogP contribution in [-0.2, 0) is 0 Å². The van der Waals surface area contributed by atoms with E-state index in [1.807, 2.05) is 0 Å². The van der Waals surface area contributed by atoms with Crippen LogP contribution in [0.5, 0.6) is 11.5 Å². The second-order valence-corrected chi connectivity index (χ2v) is 3.52. The Kier molecular flexibility index (Phi) is 3.35. The zero-order valence-electron chi connectivity index (χ0n) is 9.26. The molecule has 4 heteroatoms. The normalized spacial score (nSPS) is 9.56. The highest BCUT2D eigenvalue weighted by Crippen LogP contribution is 2.32. The van der Waals surface area contributed by atoms with E-state index in [0.717, 1.165) is 0 Å². The summed E-state index contributed by atoms with van der Waals surface area (Å²) in [7, 11) is 0. The largest absolute Gasteiger partial charge is 0.468 e. The minimum atomic E-state index is -0.415. The highest BCUT2D eigenvalue weighted by Gasteiger charge is 2.06. The first-order valence-corrected chi connectivity index (χ1v) is 5.13. The van der Waals surface area contributed by atoms with Crippen LogP contribution in [0.1, 0.15) is 10.4 Å². The van der Waals surface area contributed by atoms with Crippen molar-refractivity contribution in [3.05, 3.63) is 65.3 Å². The van der Waals surface area contributed by atoms with Gasteiger partial charge < -0.3 is 4.74 Å². The summed E-state index contributed by atoms with van der Waals surface area (Å²) in [5.41, 5.74) is 0.608. The van der Waals surface area contributed by atoms with E-state index in [2.05, 4.69) is 4.85 Å². The highest BCUT2D eigenvalue weighted by atomic mass is 19.1. The van der Waals surface area contributed by atoms with E-state index in [9.17, 15) is 9.18 Å². The predicted octanol–water partition coefficient (Wildman–Crippen LogP) is 3.98. The van der Waals surface area contributed by atoms with Gasteiger partial charge in [-0.15, -0.1) is 0 Å². The predicted molar refractivity (Wildman–Crippen MR) is 64.6 cm³/mol. The molecule has 0 aliphatic rings. The summed E-state index contributed by atoms with van der Waals surface area (Å²) in [4.78, 5) is 13.9. The summed E-state index contributed by atoms with van der Waals surface area (Å²) in [6.07, 6.45) is 0.653. The fourth-order valence-corrected chi connectivity index (χ4v) is 1.44. The molecule has 2 aromatic rings. The number of carbonyl (C=O) groups excluding carboxylic acids is 1. The summed E-state index contributed by atoms with van der Waals surface area (Å²) in [6, 6.07) is 10.1. The molecule has 0 heterocycles. The number of nitrogens with zero attached hydrogens (tertiary/aromatic N) is 1. The Balaban J connectivity index is 2.35. The van der Waals surface area contributed by atoms with Crippen LogP contribution in [0.15, 0.2) is 42.5 Å². The van der Waals surface area contributed by atoms with Gasteiger partial charge in [-0.2, -0.15) is 0 Å². The zero-order valence-corrected chi connectivity index (χ0v) is 9.26. The van der Waals surface area contributed by atoms with Crippen molar-refractivity contribution in [2.75, 3.05) is 0 Å². The number of benzene rings is 2. The Morgan fingerprint density at radius 3 is 2.72 bits per heavy atom. The second-order valence-electron chi connectivity index (χ2n) is 3.52. The lowest BCUT2D eigenvalue weighted by Crippen LogP contribution is -1.87. The van der Waals surface area contributed by atoms with Crippen LogP contribution in [0.4, 0.5) is 10.1 Å². The van der Waals surface area contributed by atoms with Crippen LogP contribution in [0.3, 0.4) is 0 Å². The summed E-state index contributed by atoms with van der Waals surface area (Å²) in [5.74, 6) is 0.182. The summed E-state index contributed by atoms with van der Waals surface area (Å²) < 4.78 is 18.4. The molecular weight excluding hydrogens is 233 g/mol. The van der Waals surface area contributed by atoms with Crippen LogP contribution in [0, 0.1) is 12.4 Å². The molecular formula is C14H8FNO2. The Morgan fingerprint density at radius 2 is 2.06 bits per heavy atom. The average molecular weight is 241 g/mol. The van der Waals surface area contributed by atoms with E-state index in [-0.39, 0.29) is 5.69 Å². The monoisotopic (exact) mass is 241 g/mol. The number of ether oxygens (including phenoxy) is 1. The van der Waals surface area contributed by atoms with Crippen molar-refractivity contribution >= 4 is 12.0 Å². The minimum Gasteiger partial charge on any atom is -0.468 e. The maximum Gasteiger partial charge on any atom is 0.229 e. The zero-order chi connectivity index (χ0) is 13.0. The smallest absolute Gasteiger partial charge is 0.229 e. The van der Waals surface area contributed by atoms with Gasteiger partial charge in [0.05, 0.1) is 6.57 Å². The highest BCUT2D eigenvalue weighted by molar-refractivity contribution is 5.79. The molecule has 0 aliphatic carbocycles. The molecule has 2 rings (SSSR count). The standard InChI is InChI=1S/C14H8FNO2/c1-16-13-7-10(9-17)5-6-14(13)18-12-4-2-3-11(15)8-12/h2-9H. The van der Waals surface area contributed by atoms with Crippen molar-refractivity contribution in [3.8, 4) is 11.5 Å². The SMILES string of the molecule is [C-]#[N+]c1cc(C=O)ccc1Oc1cccc(F)c1. The molecule has 0 saturated heterocycles. The summed E-state index contributed by atoms with van der Waals surface area (Å²) >= 11 is 0. The molecule has 0 bridgehead atoms. The molecule has 0 aromatic heterocycles. The fourth-order valence-electron chi connectivity index (χ4n) is 1.44. The fraction of sp³-hybridized carbons (Fsp3) is 0. The van der Waals surface area contributed by atoms with Gasteiger partial charge >= 0.3 is 0 Å². The van der Waals surface area contributed by atoms with E-state index in [1.165, 1.54) is 36.4 Å². The van der Waals surface area contributed by atoms with Gasteiger partial charge in [0.2, 0.25) is 5.69 Å². The van der Waals surface area contributed by atoms with E-state index < -0.39 is 5.82 Å². The number of hydrogen-bond acceptors (Lipinski definition) is 2. The van der Waals surface area contributed by atoms with E-state index in [1.54, 1.807) is 6.07 Å². The molecule has 2 aromatic carbocycles. The van der Waals surface area contributed by atoms with Crippen LogP contribution < -0.4 is 4.74 Å². The van der Waals surface area contributed by atoms with E-state index >= 15 is 0 Å². The third-order valence-corrected chi connectivity index (χ3v) is 2.26. The van der Waals surface area contributed by atoms with Gasteiger partial charge in [-0.05, 0) is 24.3 Å². The molecule has 0 radical (unpaired) electrons. The molecule has 0 amide bonds. The minimum absolute atomic E-state index is 0.212. The molecule has 0 fully saturated rings. The Bertz CT molecular complexity index is 632. The van der Waals surface area contributed by atoms with Crippen molar-refractivity contribution in [1.29, 1.82) is 0 Å². The number of carbonyl (C=O) groups is 1. The first-order chi connectivity index (χ1) is 8.72. The molecule has 88 valence electrons. The Hall–Kier alpha value is -2.67. The van der Waals surface area contributed by atoms with Gasteiger partial charge in [-0.3, -0.25) is 4.79 Å². The number of aldehydes is 1. The van der Waals surface area contributed by atoms with Crippen molar-refractivity contribution < 1.29 is 13.9 Å². The average Bonchev–Trinajstić information content (AvgIpc) is 2.39. The summed E-state index contributed by atoms with van der Waals surface area (Å²) in [5, 5.41) is 0. The maximum atomic E-state index is 13.0. The van der Waals surface area contributed by atoms with Crippen molar-refractivity contribution in [1.82, 2.24) is 0 Å². The first-order valence-electron chi connectivity index (χ1n) is 5.13. The molecule has 3 nitrogen and oxygen atoms in total. The second kappa shape index (κ2) is 5.11. The first kappa shape index (κ1) is 11.8. The number of rotatable bonds is 3. The molecule has 0 unspecified atom stereocenters. The molecule has 0 aliphatic heterocycles. The lowest BCUT2D eigenvalue weighted by atomic mass is 10.2. The lowest BCUT2D eigenvalue weighted by Gasteiger charge is -2.07. The number of halogens is 1. The van der Waals surface area contributed by atoms with Gasteiger partial charge in [-0.25, -0.2) is 9.24 Å². The third kappa shape index (κ3) is 2.53. The van der Waals surface area contributed by atoms with Crippen LogP contribution in [0.25, 0.3) is 4.85 Å². The lowest BCUT2D eigenvalue weighted by molar-refractivity contribution is 0.112. The van der Waals surface area contributed by atoms with Crippen molar-refractivity contribution in [2.45, 2.75) is 0 Å². The van der Waals surface area contributed by atoms with Crippen LogP contribution in [0.2, 0.25) is 0 Å². The van der Waals surface area contributed by atoms with Crippen LogP contribution in [-0.4, -0.2) is 6.29 Å². The molecule has 0 spiro atoms. The molecule has 18 heavy (non-hydrogen) atoms. The quantitative estimate of drug-likeness (QED) is 0.601. The van der Waals surface area contributed by atoms with Crippen LogP contribution >= 0.6 is 0 Å². The summed E-state index contributed by atoms with van der Waals surface area (Å²) in [6.45, 7) is 7.02. The van der Waals surface area contributed by atoms with Gasteiger partial charge in [0, 0.05) is 11.6 Å². The molecule has 0 N–H and O–H groups in total. The van der Waals surface area contributed by atoms with E-state index in [4.69, 9.17) is 11.3 Å². The van der Waals surface area contributed by atoms with Crippen molar-refractivity contribution in [2.24, 2.45) is 0 Å². The Labute approximate surface area is 103 Å². The third-order valence-electron chi connectivity index (χ3n) is 2.26. The Morgan fingerprint density at radius 1 is 1.22 bits per heavy atom. The number of hydrogen-bond donors (Lipinski definition) is 0. The van der Waals surface area contributed by atoms with Gasteiger partial charge in [0.15, 0.2) is 0 Å². The van der Waals surface area contributed by atoms with Gasteiger partial charge in [0.25, 0.3) is 0 Å². The molecule has 0 saturated carbocycles. The molecule has 0 atom stereocenters. The van der Waals surface area contributed by atoms with Gasteiger partial charge in [-0.1, -0.05) is 12.1 Å². The topological polar surface area (TPSA) is 30.7 Å². The van der Waals surface area contributed by atoms with E-state index in [0.29, 0.717) is 23.3 Å². The van der Waals surface area contributed by atoms with Gasteiger partial charge in [0.1, 0.15) is 23.6 Å². The van der Waals surface area contributed by atoms with Crippen molar-refractivity contribution in [3.63, 3.8) is 0 Å². The maximum absolute atomic E-state index is 13.0.